The van der Waals surface area contributed by atoms with E-state index < -0.39 is 17.7 Å². The molecule has 3 rings (SSSR count). The lowest BCUT2D eigenvalue weighted by Gasteiger charge is -2.35. The smallest absolute Gasteiger partial charge is 0.322 e. The maximum Gasteiger partial charge on any atom is 0.322 e. The van der Waals surface area contributed by atoms with E-state index in [1.807, 2.05) is 24.3 Å². The molecule has 0 radical (unpaired) electrons. The molecule has 124 valence electrons. The van der Waals surface area contributed by atoms with Crippen LogP contribution >= 0.6 is 22.6 Å². The topological polar surface area (TPSA) is 76.7 Å². The number of rotatable bonds is 4. The van der Waals surface area contributed by atoms with E-state index in [2.05, 4.69) is 33.2 Å². The summed E-state index contributed by atoms with van der Waals surface area (Å²) in [7, 11) is 0. The zero-order chi connectivity index (χ0) is 16.4. The summed E-state index contributed by atoms with van der Waals surface area (Å²) in [5, 5.41) is 5.00. The molecule has 0 saturated carbocycles. The van der Waals surface area contributed by atoms with Gasteiger partial charge in [0.1, 0.15) is 11.6 Å². The molecular weight excluding hydrogens is 411 g/mol. The summed E-state index contributed by atoms with van der Waals surface area (Å²) >= 11 is 2.22. The van der Waals surface area contributed by atoms with Crippen LogP contribution in [0.5, 0.6) is 0 Å². The van der Waals surface area contributed by atoms with Crippen molar-refractivity contribution < 1.29 is 19.1 Å². The largest absolute Gasteiger partial charge is 0.353 e. The molecule has 0 aromatic heterocycles. The van der Waals surface area contributed by atoms with E-state index >= 15 is 0 Å². The zero-order valence-corrected chi connectivity index (χ0v) is 15.0. The van der Waals surface area contributed by atoms with Crippen LogP contribution in [0.4, 0.5) is 4.79 Å². The first-order valence-corrected chi connectivity index (χ1v) is 8.73. The van der Waals surface area contributed by atoms with Gasteiger partial charge < -0.3 is 14.8 Å². The molecule has 0 unspecified atom stereocenters. The van der Waals surface area contributed by atoms with Crippen LogP contribution < -0.4 is 10.6 Å². The Bertz CT molecular complexity index is 601. The monoisotopic (exact) mass is 430 g/mol. The van der Waals surface area contributed by atoms with E-state index in [0.717, 1.165) is 28.4 Å². The van der Waals surface area contributed by atoms with Crippen molar-refractivity contribution in [1.29, 1.82) is 0 Å². The van der Waals surface area contributed by atoms with Crippen molar-refractivity contribution >= 4 is 34.5 Å². The third kappa shape index (κ3) is 3.51. The molecule has 1 aromatic rings. The van der Waals surface area contributed by atoms with E-state index in [9.17, 15) is 9.59 Å². The van der Waals surface area contributed by atoms with Gasteiger partial charge in [0.15, 0.2) is 6.29 Å². The van der Waals surface area contributed by atoms with Crippen molar-refractivity contribution in [2.24, 2.45) is 0 Å². The molecule has 1 aromatic carbocycles. The average molecular weight is 430 g/mol. The summed E-state index contributed by atoms with van der Waals surface area (Å²) in [6, 6.07) is 7.23. The highest BCUT2D eigenvalue weighted by Gasteiger charge is 2.50. The van der Waals surface area contributed by atoms with Crippen LogP contribution in [-0.4, -0.2) is 30.4 Å². The fourth-order valence-corrected chi connectivity index (χ4v) is 3.26. The first kappa shape index (κ1) is 16.7. The molecule has 0 bridgehead atoms. The van der Waals surface area contributed by atoms with Gasteiger partial charge in [0.2, 0.25) is 0 Å². The number of hydrogen-bond donors (Lipinski definition) is 2. The number of benzene rings is 1. The fraction of sp³-hybridized carbons (Fsp3) is 0.500. The van der Waals surface area contributed by atoms with Crippen LogP contribution in [0.2, 0.25) is 0 Å². The first-order valence-electron chi connectivity index (χ1n) is 7.65. The summed E-state index contributed by atoms with van der Waals surface area (Å²) in [6.07, 6.45) is 1.85. The second-order valence-corrected chi connectivity index (χ2v) is 7.22. The minimum Gasteiger partial charge on any atom is -0.353 e. The number of hydrogen-bond acceptors (Lipinski definition) is 4. The third-order valence-electron chi connectivity index (χ3n) is 4.19. The molecule has 2 N–H and O–H groups in total. The molecule has 2 fully saturated rings. The van der Waals surface area contributed by atoms with Gasteiger partial charge in [0, 0.05) is 10.2 Å². The number of halogens is 1. The van der Waals surface area contributed by atoms with Gasteiger partial charge in [-0.15, -0.1) is 0 Å². The van der Waals surface area contributed by atoms with Crippen molar-refractivity contribution in [2.75, 3.05) is 6.61 Å². The number of carbonyl (C=O) groups excluding carboxylic acids is 2. The van der Waals surface area contributed by atoms with Gasteiger partial charge in [0.05, 0.1) is 0 Å². The van der Waals surface area contributed by atoms with Crippen molar-refractivity contribution in [3.05, 3.63) is 33.4 Å². The molecule has 2 saturated heterocycles. The molecular formula is C16H19IN2O4. The van der Waals surface area contributed by atoms with Crippen molar-refractivity contribution in [2.45, 2.75) is 44.1 Å². The number of amides is 3. The van der Waals surface area contributed by atoms with Crippen LogP contribution in [-0.2, 0) is 14.3 Å². The van der Waals surface area contributed by atoms with Gasteiger partial charge in [0.25, 0.3) is 5.91 Å². The van der Waals surface area contributed by atoms with Crippen LogP contribution in [0.15, 0.2) is 24.3 Å². The van der Waals surface area contributed by atoms with E-state index in [1.165, 1.54) is 0 Å². The molecule has 3 atom stereocenters. The van der Waals surface area contributed by atoms with Crippen LogP contribution in [0.1, 0.15) is 37.9 Å². The Morgan fingerprint density at radius 1 is 1.30 bits per heavy atom. The lowest BCUT2D eigenvalue weighted by Crippen LogP contribution is -2.51. The molecule has 2 aliphatic heterocycles. The Hall–Kier alpha value is -1.19. The van der Waals surface area contributed by atoms with Crippen molar-refractivity contribution in [1.82, 2.24) is 10.6 Å². The number of imide groups is 1. The van der Waals surface area contributed by atoms with E-state index in [-0.39, 0.29) is 12.2 Å². The fourth-order valence-electron chi connectivity index (χ4n) is 2.90. The Labute approximate surface area is 148 Å². The van der Waals surface area contributed by atoms with E-state index in [0.29, 0.717) is 6.61 Å². The minimum atomic E-state index is -1.16. The molecule has 0 spiro atoms. The first-order chi connectivity index (χ1) is 11.0. The molecule has 6 nitrogen and oxygen atoms in total. The lowest BCUT2D eigenvalue weighted by atomic mass is 9.89. The highest BCUT2D eigenvalue weighted by molar-refractivity contribution is 14.1. The number of ether oxygens (including phenoxy) is 2. The van der Waals surface area contributed by atoms with E-state index in [1.54, 1.807) is 6.92 Å². The Morgan fingerprint density at radius 2 is 2.04 bits per heavy atom. The van der Waals surface area contributed by atoms with Crippen LogP contribution in [0, 0.1) is 3.57 Å². The average Bonchev–Trinajstić information content (AvgIpc) is 2.80. The number of carbonyl (C=O) groups is 2. The van der Waals surface area contributed by atoms with Gasteiger partial charge in [-0.25, -0.2) is 4.79 Å². The molecule has 2 aliphatic rings. The zero-order valence-electron chi connectivity index (χ0n) is 12.8. The molecule has 23 heavy (non-hydrogen) atoms. The van der Waals surface area contributed by atoms with Crippen LogP contribution in [0.3, 0.4) is 0 Å². The highest BCUT2D eigenvalue weighted by Crippen LogP contribution is 2.35. The Morgan fingerprint density at radius 3 is 2.61 bits per heavy atom. The number of urea groups is 1. The van der Waals surface area contributed by atoms with Gasteiger partial charge in [-0.1, -0.05) is 12.1 Å². The molecule has 2 heterocycles. The lowest BCUT2D eigenvalue weighted by molar-refractivity contribution is -0.203. The number of nitrogens with one attached hydrogen (secondary N) is 2. The summed E-state index contributed by atoms with van der Waals surface area (Å²) in [4.78, 5) is 23.9. The molecule has 3 amide bonds. The Balaban J connectivity index is 1.90. The van der Waals surface area contributed by atoms with Gasteiger partial charge in [-0.05, 0) is 66.5 Å². The van der Waals surface area contributed by atoms with Crippen LogP contribution in [0.25, 0.3) is 0 Å². The summed E-state index contributed by atoms with van der Waals surface area (Å²) in [6.45, 7) is 2.33. The Kier molecular flexibility index (Phi) is 4.88. The van der Waals surface area contributed by atoms with Gasteiger partial charge in [-0.2, -0.15) is 0 Å². The van der Waals surface area contributed by atoms with Gasteiger partial charge >= 0.3 is 6.03 Å². The minimum absolute atomic E-state index is 0.366. The standard InChI is InChI=1S/C16H19IN2O4/c1-16(14(20)18-15(21)19-16)13(10-5-7-11(17)8-6-10)23-12-4-2-3-9-22-12/h5-8,12-13H,2-4,9H2,1H3,(H2,18,19,20,21)/t12-,13-,16-/m1/s1. The van der Waals surface area contributed by atoms with Crippen molar-refractivity contribution in [3.8, 4) is 0 Å². The maximum absolute atomic E-state index is 12.3. The molecule has 0 aliphatic carbocycles. The van der Waals surface area contributed by atoms with Crippen molar-refractivity contribution in [3.63, 3.8) is 0 Å². The summed E-state index contributed by atoms with van der Waals surface area (Å²) in [5.74, 6) is -0.387. The second-order valence-electron chi connectivity index (χ2n) is 5.97. The third-order valence-corrected chi connectivity index (χ3v) is 4.91. The second kappa shape index (κ2) is 6.74. The maximum atomic E-state index is 12.3. The van der Waals surface area contributed by atoms with E-state index in [4.69, 9.17) is 9.47 Å². The summed E-state index contributed by atoms with van der Waals surface area (Å²) < 4.78 is 12.9. The summed E-state index contributed by atoms with van der Waals surface area (Å²) in [5.41, 5.74) is -0.329. The SMILES string of the molecule is C[C@]1([C@H](O[C@@H]2CCCCO2)c2ccc(I)cc2)NC(=O)NC1=O. The predicted octanol–water partition coefficient (Wildman–Crippen LogP) is 2.47. The molecule has 7 heteroatoms. The van der Waals surface area contributed by atoms with Gasteiger partial charge in [-0.3, -0.25) is 10.1 Å². The predicted molar refractivity (Wildman–Crippen MR) is 91.7 cm³/mol. The normalized spacial score (nSPS) is 29.0. The highest BCUT2D eigenvalue weighted by atomic mass is 127. The quantitative estimate of drug-likeness (QED) is 0.569.